The molecule has 0 saturated heterocycles. The van der Waals surface area contributed by atoms with Gasteiger partial charge in [-0.05, 0) is 47.0 Å². The Kier molecular flexibility index (Phi) is 6.12. The lowest BCUT2D eigenvalue weighted by Crippen LogP contribution is -2.22. The smallest absolute Gasteiger partial charge is 0.256 e. The van der Waals surface area contributed by atoms with Gasteiger partial charge in [0, 0.05) is 43.3 Å². The fourth-order valence-corrected chi connectivity index (χ4v) is 3.49. The van der Waals surface area contributed by atoms with Crippen molar-refractivity contribution in [3.8, 4) is 11.1 Å². The maximum absolute atomic E-state index is 13.1. The van der Waals surface area contributed by atoms with E-state index >= 15 is 0 Å². The molecule has 0 aliphatic carbocycles. The van der Waals surface area contributed by atoms with Gasteiger partial charge < -0.3 is 10.2 Å². The molecule has 4 aromatic rings. The second-order valence-corrected chi connectivity index (χ2v) is 7.68. The number of nitrogens with one attached hydrogen (secondary N) is 1. The lowest BCUT2D eigenvalue weighted by molar-refractivity contribution is 0.0827. The Bertz CT molecular complexity index is 1230. The van der Waals surface area contributed by atoms with Crippen LogP contribution in [0.3, 0.4) is 0 Å². The van der Waals surface area contributed by atoms with Crippen molar-refractivity contribution >= 4 is 17.5 Å². The zero-order valence-electron chi connectivity index (χ0n) is 18.0. The maximum Gasteiger partial charge on any atom is 0.256 e. The van der Waals surface area contributed by atoms with Gasteiger partial charge in [0.05, 0.1) is 6.54 Å². The largest absolute Gasteiger partial charge is 0.345 e. The number of anilines is 1. The number of aromatic nitrogens is 2. The highest BCUT2D eigenvalue weighted by Crippen LogP contribution is 2.25. The average Bonchev–Trinajstić information content (AvgIpc) is 3.32. The highest BCUT2D eigenvalue weighted by atomic mass is 16.2. The summed E-state index contributed by atoms with van der Waals surface area (Å²) in [5.74, 6) is -0.340. The average molecular weight is 425 g/mol. The third-order valence-electron chi connectivity index (χ3n) is 5.11. The Morgan fingerprint density at radius 1 is 0.938 bits per heavy atom. The van der Waals surface area contributed by atoms with Crippen LogP contribution in [0.25, 0.3) is 11.1 Å². The molecular weight excluding hydrogens is 400 g/mol. The van der Waals surface area contributed by atoms with E-state index in [4.69, 9.17) is 0 Å². The number of carbonyl (C=O) groups excluding carboxylic acids is 2. The first-order chi connectivity index (χ1) is 15.5. The van der Waals surface area contributed by atoms with Crippen molar-refractivity contribution in [1.82, 2.24) is 14.7 Å². The second-order valence-electron chi connectivity index (χ2n) is 7.68. The van der Waals surface area contributed by atoms with Crippen molar-refractivity contribution in [3.05, 3.63) is 108 Å². The summed E-state index contributed by atoms with van der Waals surface area (Å²) in [5, 5.41) is 7.16. The lowest BCUT2D eigenvalue weighted by atomic mass is 9.98. The summed E-state index contributed by atoms with van der Waals surface area (Å²) in [7, 11) is 3.40. The molecule has 0 fully saturated rings. The summed E-state index contributed by atoms with van der Waals surface area (Å²) in [6.45, 7) is 0.692. The molecule has 0 bridgehead atoms. The fourth-order valence-electron chi connectivity index (χ4n) is 3.49. The van der Waals surface area contributed by atoms with E-state index in [2.05, 4.69) is 10.4 Å². The summed E-state index contributed by atoms with van der Waals surface area (Å²) in [4.78, 5) is 26.8. The van der Waals surface area contributed by atoms with Gasteiger partial charge in [-0.3, -0.25) is 14.3 Å². The second kappa shape index (κ2) is 9.31. The summed E-state index contributed by atoms with van der Waals surface area (Å²) >= 11 is 0. The van der Waals surface area contributed by atoms with Gasteiger partial charge in [-0.15, -0.1) is 0 Å². The van der Waals surface area contributed by atoms with E-state index in [0.29, 0.717) is 23.4 Å². The first-order valence-corrected chi connectivity index (χ1v) is 10.3. The van der Waals surface area contributed by atoms with Crippen LogP contribution in [0.1, 0.15) is 26.3 Å². The molecule has 0 atom stereocenters. The van der Waals surface area contributed by atoms with Gasteiger partial charge in [0.2, 0.25) is 0 Å². The van der Waals surface area contributed by atoms with Crippen molar-refractivity contribution < 1.29 is 9.59 Å². The van der Waals surface area contributed by atoms with Crippen LogP contribution >= 0.6 is 0 Å². The first-order valence-electron chi connectivity index (χ1n) is 10.3. The van der Waals surface area contributed by atoms with Gasteiger partial charge >= 0.3 is 0 Å². The molecule has 6 heteroatoms. The van der Waals surface area contributed by atoms with Gasteiger partial charge in [-0.25, -0.2) is 0 Å². The topological polar surface area (TPSA) is 67.2 Å². The van der Waals surface area contributed by atoms with Crippen LogP contribution in [0.5, 0.6) is 0 Å². The van der Waals surface area contributed by atoms with Gasteiger partial charge in [0.15, 0.2) is 0 Å². The Labute approximate surface area is 187 Å². The SMILES string of the molecule is CN(C)C(=O)c1cccc(NC(=O)c2ccccc2-c2ccc(Cn3cccn3)cc2)c1. The highest BCUT2D eigenvalue weighted by Gasteiger charge is 2.14. The molecule has 4 rings (SSSR count). The summed E-state index contributed by atoms with van der Waals surface area (Å²) in [5.41, 5.74) is 4.59. The zero-order chi connectivity index (χ0) is 22.5. The number of rotatable bonds is 6. The number of benzene rings is 3. The minimum absolute atomic E-state index is 0.114. The van der Waals surface area contributed by atoms with Gasteiger partial charge in [-0.2, -0.15) is 5.10 Å². The van der Waals surface area contributed by atoms with Crippen LogP contribution in [0.4, 0.5) is 5.69 Å². The lowest BCUT2D eigenvalue weighted by Gasteiger charge is -2.13. The molecule has 1 heterocycles. The standard InChI is InChI=1S/C26H24N4O2/c1-29(2)26(32)21-7-5-8-22(17-21)28-25(31)24-10-4-3-9-23(24)20-13-11-19(12-14-20)18-30-16-6-15-27-30/h3-17H,18H2,1-2H3,(H,28,31). The number of hydrogen-bond donors (Lipinski definition) is 1. The summed E-state index contributed by atoms with van der Waals surface area (Å²) in [6.07, 6.45) is 3.68. The monoisotopic (exact) mass is 424 g/mol. The van der Waals surface area contributed by atoms with E-state index in [1.807, 2.05) is 59.4 Å². The third kappa shape index (κ3) is 4.75. The van der Waals surface area contributed by atoms with Crippen molar-refractivity contribution in [2.45, 2.75) is 6.54 Å². The molecule has 3 aromatic carbocycles. The first kappa shape index (κ1) is 21.1. The van der Waals surface area contributed by atoms with E-state index < -0.39 is 0 Å². The van der Waals surface area contributed by atoms with Gasteiger partial charge in [0.25, 0.3) is 11.8 Å². The van der Waals surface area contributed by atoms with Crippen LogP contribution in [0, 0.1) is 0 Å². The minimum atomic E-state index is -0.226. The number of amides is 2. The molecule has 0 aliphatic heterocycles. The predicted molar refractivity (Wildman–Crippen MR) is 126 cm³/mol. The number of nitrogens with zero attached hydrogens (tertiary/aromatic N) is 3. The molecule has 0 radical (unpaired) electrons. The predicted octanol–water partition coefficient (Wildman–Crippen LogP) is 4.55. The van der Waals surface area contributed by atoms with Crippen LogP contribution in [-0.2, 0) is 6.54 Å². The van der Waals surface area contributed by atoms with Crippen LogP contribution in [-0.4, -0.2) is 40.6 Å². The molecular formula is C26H24N4O2. The Balaban J connectivity index is 1.55. The van der Waals surface area contributed by atoms with Crippen LogP contribution in [0.2, 0.25) is 0 Å². The summed E-state index contributed by atoms with van der Waals surface area (Å²) in [6, 6.07) is 24.5. The molecule has 0 unspecified atom stereocenters. The maximum atomic E-state index is 13.1. The molecule has 2 amide bonds. The van der Waals surface area contributed by atoms with Gasteiger partial charge in [0.1, 0.15) is 0 Å². The number of hydrogen-bond acceptors (Lipinski definition) is 3. The fraction of sp³-hybridized carbons (Fsp3) is 0.115. The summed E-state index contributed by atoms with van der Waals surface area (Å²) < 4.78 is 1.87. The van der Waals surface area contributed by atoms with E-state index in [1.54, 1.807) is 50.6 Å². The van der Waals surface area contributed by atoms with E-state index in [9.17, 15) is 9.59 Å². The molecule has 32 heavy (non-hydrogen) atoms. The Morgan fingerprint density at radius 3 is 2.44 bits per heavy atom. The molecule has 0 aliphatic rings. The molecule has 1 N–H and O–H groups in total. The minimum Gasteiger partial charge on any atom is -0.345 e. The van der Waals surface area contributed by atoms with Crippen molar-refractivity contribution in [2.75, 3.05) is 19.4 Å². The van der Waals surface area contributed by atoms with Crippen LogP contribution in [0.15, 0.2) is 91.3 Å². The molecule has 0 spiro atoms. The van der Waals surface area contributed by atoms with Gasteiger partial charge in [-0.1, -0.05) is 48.5 Å². The normalized spacial score (nSPS) is 10.6. The quantitative estimate of drug-likeness (QED) is 0.494. The zero-order valence-corrected chi connectivity index (χ0v) is 18.0. The third-order valence-corrected chi connectivity index (χ3v) is 5.11. The van der Waals surface area contributed by atoms with E-state index in [1.165, 1.54) is 4.90 Å². The van der Waals surface area contributed by atoms with Crippen molar-refractivity contribution in [3.63, 3.8) is 0 Å². The molecule has 0 saturated carbocycles. The molecule has 160 valence electrons. The van der Waals surface area contributed by atoms with Crippen molar-refractivity contribution in [2.24, 2.45) is 0 Å². The van der Waals surface area contributed by atoms with E-state index in [-0.39, 0.29) is 11.8 Å². The highest BCUT2D eigenvalue weighted by molar-refractivity contribution is 6.09. The van der Waals surface area contributed by atoms with E-state index in [0.717, 1.165) is 16.7 Å². The molecule has 1 aromatic heterocycles. The Hall–Kier alpha value is -4.19. The van der Waals surface area contributed by atoms with Crippen LogP contribution < -0.4 is 5.32 Å². The Morgan fingerprint density at radius 2 is 1.72 bits per heavy atom. The van der Waals surface area contributed by atoms with Crippen molar-refractivity contribution in [1.29, 1.82) is 0 Å². The molecule has 6 nitrogen and oxygen atoms in total. The number of carbonyl (C=O) groups is 2.